The van der Waals surface area contributed by atoms with E-state index in [0.29, 0.717) is 33.2 Å². The molecule has 4 aromatic rings. The zero-order valence-corrected chi connectivity index (χ0v) is 25.5. The second kappa shape index (κ2) is 15.2. The summed E-state index contributed by atoms with van der Waals surface area (Å²) < 4.78 is 48.1. The smallest absolute Gasteiger partial charge is 0.327 e. The molecular weight excluding hydrogens is 640 g/mol. The van der Waals surface area contributed by atoms with E-state index in [9.17, 15) is 32.6 Å². The molecule has 5 N–H and O–H groups in total. The van der Waals surface area contributed by atoms with Gasteiger partial charge in [0.25, 0.3) is 10.0 Å². The van der Waals surface area contributed by atoms with Gasteiger partial charge in [-0.1, -0.05) is 17.3 Å². The first-order valence-corrected chi connectivity index (χ1v) is 16.6. The van der Waals surface area contributed by atoms with Crippen LogP contribution in [0.4, 0.5) is 4.39 Å². The summed E-state index contributed by atoms with van der Waals surface area (Å²) in [5, 5.41) is 34.9. The lowest BCUT2D eigenvalue weighted by atomic mass is 10.2. The zero-order valence-electron chi connectivity index (χ0n) is 23.0. The van der Waals surface area contributed by atoms with Gasteiger partial charge in [-0.15, -0.1) is 16.4 Å². The van der Waals surface area contributed by atoms with E-state index < -0.39 is 40.7 Å². The van der Waals surface area contributed by atoms with Crippen LogP contribution in [0.3, 0.4) is 0 Å². The molecule has 0 fully saturated rings. The van der Waals surface area contributed by atoms with Gasteiger partial charge in [-0.05, 0) is 35.9 Å². The number of rotatable bonds is 17. The SMILES string of the molecule is NS(=O)(=O)c1nc2ccc(OCc3cn([C@@H](CCO)C(=O)NC(CSCc4cccc(OCCF)c4)C(=O)O)nn3)cc2s1. The summed E-state index contributed by atoms with van der Waals surface area (Å²) in [5.41, 5.74) is 1.64. The Morgan fingerprint density at radius 3 is 2.70 bits per heavy atom. The highest BCUT2D eigenvalue weighted by Crippen LogP contribution is 2.28. The lowest BCUT2D eigenvalue weighted by molar-refractivity contribution is -0.141. The number of aliphatic hydroxyl groups excluding tert-OH is 1. The van der Waals surface area contributed by atoms with Gasteiger partial charge in [0.05, 0.1) is 16.4 Å². The number of carboxylic acids is 1. The number of carbonyl (C=O) groups is 2. The Morgan fingerprint density at radius 2 is 1.98 bits per heavy atom. The summed E-state index contributed by atoms with van der Waals surface area (Å²) in [5.74, 6) is -0.484. The molecular formula is C26H29FN6O8S3. The number of benzene rings is 2. The predicted octanol–water partition coefficient (Wildman–Crippen LogP) is 1.89. The van der Waals surface area contributed by atoms with Gasteiger partial charge in [-0.25, -0.2) is 32.4 Å². The van der Waals surface area contributed by atoms with E-state index in [-0.39, 0.29) is 36.3 Å². The number of thioether (sulfide) groups is 1. The van der Waals surface area contributed by atoms with Crippen molar-refractivity contribution in [3.63, 3.8) is 0 Å². The van der Waals surface area contributed by atoms with Crippen molar-refractivity contribution in [1.29, 1.82) is 0 Å². The van der Waals surface area contributed by atoms with E-state index in [4.69, 9.17) is 14.6 Å². The Kier molecular flexibility index (Phi) is 11.5. The molecule has 0 aliphatic heterocycles. The minimum atomic E-state index is -3.94. The molecule has 0 saturated carbocycles. The average molecular weight is 669 g/mol. The van der Waals surface area contributed by atoms with Gasteiger partial charge in [0.15, 0.2) is 0 Å². The van der Waals surface area contributed by atoms with Crippen molar-refractivity contribution in [2.75, 3.05) is 25.6 Å². The van der Waals surface area contributed by atoms with Crippen molar-refractivity contribution < 1.29 is 42.1 Å². The number of halogens is 1. The summed E-state index contributed by atoms with van der Waals surface area (Å²) in [7, 11) is -3.94. The van der Waals surface area contributed by atoms with Crippen molar-refractivity contribution in [2.45, 2.75) is 35.2 Å². The number of ether oxygens (including phenoxy) is 2. The summed E-state index contributed by atoms with van der Waals surface area (Å²) >= 11 is 2.19. The highest BCUT2D eigenvalue weighted by Gasteiger charge is 2.27. The fraction of sp³-hybridized carbons (Fsp3) is 0.346. The van der Waals surface area contributed by atoms with Crippen molar-refractivity contribution >= 4 is 55.2 Å². The quantitative estimate of drug-likeness (QED) is 0.127. The highest BCUT2D eigenvalue weighted by atomic mass is 32.2. The first-order chi connectivity index (χ1) is 21.1. The van der Waals surface area contributed by atoms with Gasteiger partial charge in [-0.2, -0.15) is 11.8 Å². The van der Waals surface area contributed by atoms with Crippen LogP contribution in [0.5, 0.6) is 11.5 Å². The molecule has 18 heteroatoms. The zero-order chi connectivity index (χ0) is 31.7. The number of hydrogen-bond donors (Lipinski definition) is 4. The largest absolute Gasteiger partial charge is 0.491 e. The second-order valence-electron chi connectivity index (χ2n) is 9.26. The van der Waals surface area contributed by atoms with E-state index in [1.807, 2.05) is 6.07 Å². The fourth-order valence-electron chi connectivity index (χ4n) is 3.91. The normalized spacial score (nSPS) is 13.0. The number of nitrogens with two attached hydrogens (primary N) is 1. The number of aliphatic carboxylic acids is 1. The number of sulfonamides is 1. The van der Waals surface area contributed by atoms with E-state index in [1.54, 1.807) is 36.4 Å². The van der Waals surface area contributed by atoms with Crippen LogP contribution >= 0.6 is 23.1 Å². The van der Waals surface area contributed by atoms with E-state index in [2.05, 4.69) is 20.6 Å². The first kappa shape index (κ1) is 33.1. The molecule has 0 bridgehead atoms. The highest BCUT2D eigenvalue weighted by molar-refractivity contribution is 7.98. The Balaban J connectivity index is 1.34. The summed E-state index contributed by atoms with van der Waals surface area (Å²) in [6, 6.07) is 9.55. The molecule has 0 saturated heterocycles. The lowest BCUT2D eigenvalue weighted by Gasteiger charge is -2.20. The third-order valence-electron chi connectivity index (χ3n) is 5.96. The van der Waals surface area contributed by atoms with Gasteiger partial charge in [0.2, 0.25) is 10.2 Å². The van der Waals surface area contributed by atoms with E-state index in [1.165, 1.54) is 22.6 Å². The van der Waals surface area contributed by atoms with Crippen LogP contribution in [0.1, 0.15) is 23.7 Å². The van der Waals surface area contributed by atoms with Crippen molar-refractivity contribution in [3.05, 3.63) is 59.9 Å². The van der Waals surface area contributed by atoms with Crippen LogP contribution in [0.15, 0.2) is 53.0 Å². The van der Waals surface area contributed by atoms with Crippen LogP contribution in [-0.2, 0) is 32.0 Å². The molecule has 2 heterocycles. The third-order valence-corrected chi connectivity index (χ3v) is 9.41. The molecule has 2 atom stereocenters. The first-order valence-electron chi connectivity index (χ1n) is 13.0. The number of carboxylic acid groups (broad SMARTS) is 1. The molecule has 1 amide bonds. The second-order valence-corrected chi connectivity index (χ2v) is 13.1. The summed E-state index contributed by atoms with van der Waals surface area (Å²) in [6.45, 7) is -1.09. The van der Waals surface area contributed by atoms with Crippen LogP contribution in [0.2, 0.25) is 0 Å². The average Bonchev–Trinajstić information content (AvgIpc) is 3.64. The molecule has 0 aliphatic carbocycles. The maximum atomic E-state index is 13.1. The maximum Gasteiger partial charge on any atom is 0.327 e. The Labute approximate surface area is 259 Å². The topological polar surface area (TPSA) is 209 Å². The standard InChI is InChI=1S/C26H29FN6O8S3/c27-7-9-40-18-3-1-2-16(10-18)14-42-15-21(25(36)37)29-24(35)22(6-8-34)33-12-17(31-32-33)13-41-19-4-5-20-23(11-19)43-26(30-20)44(28,38)39/h1-5,10-12,21-22,34H,6-9,13-15H2,(H,29,35)(H,36,37)(H2,28,38,39)/t21?,22-/m0/s1. The number of aliphatic hydroxyl groups is 1. The number of alkyl halides is 1. The molecule has 44 heavy (non-hydrogen) atoms. The molecule has 0 radical (unpaired) electrons. The number of fused-ring (bicyclic) bond motifs is 1. The van der Waals surface area contributed by atoms with Gasteiger partial charge in [0, 0.05) is 24.5 Å². The van der Waals surface area contributed by atoms with Gasteiger partial charge >= 0.3 is 5.97 Å². The van der Waals surface area contributed by atoms with Gasteiger partial charge in [-0.3, -0.25) is 4.79 Å². The number of carbonyl (C=O) groups excluding carboxylic acids is 1. The van der Waals surface area contributed by atoms with Crippen LogP contribution in [0.25, 0.3) is 10.2 Å². The molecule has 2 aromatic carbocycles. The van der Waals surface area contributed by atoms with Gasteiger partial charge < -0.3 is 25.0 Å². The number of amides is 1. The molecule has 1 unspecified atom stereocenters. The predicted molar refractivity (Wildman–Crippen MR) is 160 cm³/mol. The minimum absolute atomic E-state index is 0.0466. The minimum Gasteiger partial charge on any atom is -0.491 e. The molecule has 14 nitrogen and oxygen atoms in total. The number of nitrogens with zero attached hydrogens (tertiary/aromatic N) is 4. The Hall–Kier alpha value is -3.84. The maximum absolute atomic E-state index is 13.1. The third kappa shape index (κ3) is 9.08. The van der Waals surface area contributed by atoms with E-state index >= 15 is 0 Å². The number of primary sulfonamides is 1. The summed E-state index contributed by atoms with van der Waals surface area (Å²) in [4.78, 5) is 29.0. The monoisotopic (exact) mass is 668 g/mol. The van der Waals surface area contributed by atoms with Crippen molar-refractivity contribution in [2.24, 2.45) is 5.14 Å². The number of aromatic nitrogens is 4. The molecule has 2 aromatic heterocycles. The number of thiazole rings is 1. The van der Waals surface area contributed by atoms with Crippen molar-refractivity contribution in [1.82, 2.24) is 25.3 Å². The molecule has 0 spiro atoms. The van der Waals surface area contributed by atoms with Crippen LogP contribution in [0, 0.1) is 0 Å². The van der Waals surface area contributed by atoms with Crippen LogP contribution in [-0.4, -0.2) is 82.2 Å². The molecule has 4 rings (SSSR count). The molecule has 236 valence electrons. The molecule has 0 aliphatic rings. The summed E-state index contributed by atoms with van der Waals surface area (Å²) in [6.07, 6.45) is 1.40. The number of nitrogens with one attached hydrogen (secondary N) is 1. The fourth-order valence-corrected chi connectivity index (χ4v) is 6.59. The number of hydrogen-bond acceptors (Lipinski definition) is 12. The Bertz CT molecular complexity index is 1700. The van der Waals surface area contributed by atoms with Gasteiger partial charge in [0.1, 0.15) is 49.2 Å². The van der Waals surface area contributed by atoms with Crippen molar-refractivity contribution in [3.8, 4) is 11.5 Å². The van der Waals surface area contributed by atoms with E-state index in [0.717, 1.165) is 16.9 Å². The lowest BCUT2D eigenvalue weighted by Crippen LogP contribution is -2.46. The van der Waals surface area contributed by atoms with Crippen LogP contribution < -0.4 is 19.9 Å². The Morgan fingerprint density at radius 1 is 1.18 bits per heavy atom.